The zero-order valence-electron chi connectivity index (χ0n) is 15.6. The van der Waals surface area contributed by atoms with Crippen molar-refractivity contribution in [2.24, 2.45) is 0 Å². The lowest BCUT2D eigenvalue weighted by Crippen LogP contribution is -2.36. The van der Waals surface area contributed by atoms with Gasteiger partial charge in [-0.25, -0.2) is 4.79 Å². The van der Waals surface area contributed by atoms with E-state index in [1.54, 1.807) is 43.3 Å². The number of hydrogen-bond acceptors (Lipinski definition) is 6. The molecule has 0 aliphatic carbocycles. The van der Waals surface area contributed by atoms with Crippen LogP contribution in [0.1, 0.15) is 33.2 Å². The number of carbonyl (C=O) groups is 3. The summed E-state index contributed by atoms with van der Waals surface area (Å²) >= 11 is 5.87. The molecule has 0 unspecified atom stereocenters. The largest absolute Gasteiger partial charge is 0.465 e. The number of amides is 1. The summed E-state index contributed by atoms with van der Waals surface area (Å²) in [6, 6.07) is 11.0. The number of ether oxygens (including phenoxy) is 2. The quantitative estimate of drug-likeness (QED) is 0.562. The minimum absolute atomic E-state index is 0.0631. The number of nitrogen functional groups attached to an aromatic ring is 1. The first-order valence-electron chi connectivity index (χ1n) is 8.52. The molecule has 0 aliphatic heterocycles. The normalized spacial score (nSPS) is 10.2. The van der Waals surface area contributed by atoms with Crippen LogP contribution in [0.25, 0.3) is 0 Å². The van der Waals surface area contributed by atoms with Crippen LogP contribution in [-0.2, 0) is 20.8 Å². The molecule has 2 rings (SSSR count). The van der Waals surface area contributed by atoms with Gasteiger partial charge in [0.25, 0.3) is 5.91 Å². The predicted octanol–water partition coefficient (Wildman–Crippen LogP) is 2.91. The summed E-state index contributed by atoms with van der Waals surface area (Å²) in [5, 5.41) is 0.496. The first kappa shape index (κ1) is 21.2. The average Bonchev–Trinajstić information content (AvgIpc) is 2.68. The number of carbonyl (C=O) groups excluding carboxylic acids is 3. The van der Waals surface area contributed by atoms with E-state index in [1.165, 1.54) is 18.1 Å². The molecule has 148 valence electrons. The molecular weight excluding hydrogens is 384 g/mol. The molecule has 0 fully saturated rings. The fourth-order valence-electron chi connectivity index (χ4n) is 2.53. The summed E-state index contributed by atoms with van der Waals surface area (Å²) in [4.78, 5) is 37.8. The molecule has 1 amide bonds. The topological polar surface area (TPSA) is 98.9 Å². The summed E-state index contributed by atoms with van der Waals surface area (Å²) < 4.78 is 9.63. The summed E-state index contributed by atoms with van der Waals surface area (Å²) in [6.45, 7) is 1.71. The Kier molecular flexibility index (Phi) is 7.40. The van der Waals surface area contributed by atoms with Crippen LogP contribution in [0.4, 0.5) is 5.69 Å². The van der Waals surface area contributed by atoms with Crippen LogP contribution < -0.4 is 5.73 Å². The van der Waals surface area contributed by atoms with Crippen molar-refractivity contribution in [1.29, 1.82) is 0 Å². The number of nitrogens with zero attached hydrogens (tertiary/aromatic N) is 1. The Morgan fingerprint density at radius 2 is 1.71 bits per heavy atom. The van der Waals surface area contributed by atoms with Gasteiger partial charge in [0.15, 0.2) is 0 Å². The van der Waals surface area contributed by atoms with Crippen molar-refractivity contribution in [2.75, 3.05) is 26.0 Å². The van der Waals surface area contributed by atoms with Gasteiger partial charge in [0.2, 0.25) is 0 Å². The van der Waals surface area contributed by atoms with Crippen molar-refractivity contribution in [2.45, 2.75) is 13.5 Å². The van der Waals surface area contributed by atoms with Crippen LogP contribution in [-0.4, -0.2) is 43.0 Å². The highest BCUT2D eigenvalue weighted by Gasteiger charge is 2.21. The Morgan fingerprint density at radius 1 is 1.07 bits per heavy atom. The van der Waals surface area contributed by atoms with Crippen LogP contribution in [0.3, 0.4) is 0 Å². The third-order valence-corrected chi connectivity index (χ3v) is 4.18. The van der Waals surface area contributed by atoms with E-state index in [2.05, 4.69) is 4.74 Å². The van der Waals surface area contributed by atoms with Gasteiger partial charge in [0.1, 0.15) is 6.54 Å². The Bertz CT molecular complexity index is 867. The minimum atomic E-state index is -0.533. The highest BCUT2D eigenvalue weighted by atomic mass is 35.5. The third kappa shape index (κ3) is 5.47. The molecule has 0 bridgehead atoms. The van der Waals surface area contributed by atoms with E-state index >= 15 is 0 Å². The molecule has 0 atom stereocenters. The van der Waals surface area contributed by atoms with E-state index < -0.39 is 11.9 Å². The van der Waals surface area contributed by atoms with Crippen molar-refractivity contribution in [3.8, 4) is 0 Å². The van der Waals surface area contributed by atoms with Gasteiger partial charge in [0, 0.05) is 22.8 Å². The molecule has 0 aliphatic rings. The number of benzene rings is 2. The van der Waals surface area contributed by atoms with Crippen LogP contribution in [0.15, 0.2) is 42.5 Å². The zero-order chi connectivity index (χ0) is 20.7. The molecule has 8 heteroatoms. The Morgan fingerprint density at radius 3 is 2.29 bits per heavy atom. The standard InChI is InChI=1S/C20H21ClN2O5/c1-3-28-18(24)12-23(19(25)13-6-8-16(21)9-7-13)11-15-5-4-14(10-17(15)22)20(26)27-2/h4-10H,3,11-12,22H2,1-2H3. The van der Waals surface area contributed by atoms with Crippen LogP contribution in [0.2, 0.25) is 5.02 Å². The van der Waals surface area contributed by atoms with Gasteiger partial charge in [-0.2, -0.15) is 0 Å². The maximum absolute atomic E-state index is 12.9. The van der Waals surface area contributed by atoms with Gasteiger partial charge in [-0.3, -0.25) is 9.59 Å². The van der Waals surface area contributed by atoms with E-state index in [0.717, 1.165) is 0 Å². The third-order valence-electron chi connectivity index (χ3n) is 3.93. The molecule has 0 aromatic heterocycles. The van der Waals surface area contributed by atoms with Gasteiger partial charge < -0.3 is 20.1 Å². The van der Waals surface area contributed by atoms with Crippen LogP contribution in [0, 0.1) is 0 Å². The van der Waals surface area contributed by atoms with Gasteiger partial charge in [-0.1, -0.05) is 17.7 Å². The molecule has 0 radical (unpaired) electrons. The second-order valence-electron chi connectivity index (χ2n) is 5.88. The minimum Gasteiger partial charge on any atom is -0.465 e. The van der Waals surface area contributed by atoms with Crippen molar-refractivity contribution < 1.29 is 23.9 Å². The fraction of sp³-hybridized carbons (Fsp3) is 0.250. The molecule has 7 nitrogen and oxygen atoms in total. The lowest BCUT2D eigenvalue weighted by atomic mass is 10.1. The molecule has 2 N–H and O–H groups in total. The smallest absolute Gasteiger partial charge is 0.337 e. The Labute approximate surface area is 168 Å². The van der Waals surface area contributed by atoms with E-state index in [0.29, 0.717) is 27.4 Å². The van der Waals surface area contributed by atoms with Crippen molar-refractivity contribution in [1.82, 2.24) is 4.90 Å². The van der Waals surface area contributed by atoms with E-state index in [1.807, 2.05) is 0 Å². The number of halogens is 1. The summed E-state index contributed by atoms with van der Waals surface area (Å²) in [7, 11) is 1.28. The lowest BCUT2D eigenvalue weighted by Gasteiger charge is -2.23. The predicted molar refractivity (Wildman–Crippen MR) is 105 cm³/mol. The number of anilines is 1. The number of hydrogen-bond donors (Lipinski definition) is 1. The van der Waals surface area contributed by atoms with Gasteiger partial charge in [-0.15, -0.1) is 0 Å². The zero-order valence-corrected chi connectivity index (χ0v) is 16.4. The number of methoxy groups -OCH3 is 1. The van der Waals surface area contributed by atoms with Crippen LogP contribution in [0.5, 0.6) is 0 Å². The van der Waals surface area contributed by atoms with E-state index in [4.69, 9.17) is 22.1 Å². The van der Waals surface area contributed by atoms with Crippen molar-refractivity contribution >= 4 is 35.1 Å². The van der Waals surface area contributed by atoms with Gasteiger partial charge in [-0.05, 0) is 48.9 Å². The second kappa shape index (κ2) is 9.75. The highest BCUT2D eigenvalue weighted by Crippen LogP contribution is 2.19. The molecule has 0 saturated carbocycles. The van der Waals surface area contributed by atoms with Crippen molar-refractivity contribution in [3.63, 3.8) is 0 Å². The number of esters is 2. The van der Waals surface area contributed by atoms with Crippen LogP contribution >= 0.6 is 11.6 Å². The van der Waals surface area contributed by atoms with E-state index in [9.17, 15) is 14.4 Å². The molecule has 0 heterocycles. The first-order valence-corrected chi connectivity index (χ1v) is 8.90. The lowest BCUT2D eigenvalue weighted by molar-refractivity contribution is -0.143. The van der Waals surface area contributed by atoms with Gasteiger partial charge in [0.05, 0.1) is 19.3 Å². The molecule has 2 aromatic carbocycles. The Hall–Kier alpha value is -3.06. The monoisotopic (exact) mass is 404 g/mol. The molecule has 2 aromatic rings. The van der Waals surface area contributed by atoms with Crippen molar-refractivity contribution in [3.05, 3.63) is 64.2 Å². The summed E-state index contributed by atoms with van der Waals surface area (Å²) in [5.41, 5.74) is 7.59. The maximum atomic E-state index is 12.9. The molecule has 0 saturated heterocycles. The molecule has 28 heavy (non-hydrogen) atoms. The summed E-state index contributed by atoms with van der Waals surface area (Å²) in [5.74, 6) is -1.42. The first-order chi connectivity index (χ1) is 13.3. The fourth-order valence-corrected chi connectivity index (χ4v) is 2.65. The maximum Gasteiger partial charge on any atom is 0.337 e. The number of rotatable bonds is 7. The molecule has 0 spiro atoms. The molecular formula is C20H21ClN2O5. The van der Waals surface area contributed by atoms with Gasteiger partial charge >= 0.3 is 11.9 Å². The highest BCUT2D eigenvalue weighted by molar-refractivity contribution is 6.30. The average molecular weight is 405 g/mol. The Balaban J connectivity index is 2.28. The SMILES string of the molecule is CCOC(=O)CN(Cc1ccc(C(=O)OC)cc1N)C(=O)c1ccc(Cl)cc1. The summed E-state index contributed by atoms with van der Waals surface area (Å²) in [6.07, 6.45) is 0. The second-order valence-corrected chi connectivity index (χ2v) is 6.31. The van der Waals surface area contributed by atoms with E-state index in [-0.39, 0.29) is 25.6 Å². The number of nitrogens with two attached hydrogens (primary N) is 1.